The molecule has 0 bridgehead atoms. The second-order valence-electron chi connectivity index (χ2n) is 4.03. The second-order valence-corrected chi connectivity index (χ2v) is 5.09. The fourth-order valence-electron chi connectivity index (χ4n) is 1.97. The van der Waals surface area contributed by atoms with Crippen LogP contribution in [0.15, 0.2) is 46.3 Å². The lowest BCUT2D eigenvalue weighted by atomic mass is 10.1. The van der Waals surface area contributed by atoms with Crippen molar-refractivity contribution >= 4 is 11.8 Å². The van der Waals surface area contributed by atoms with Gasteiger partial charge in [0.2, 0.25) is 0 Å². The molecule has 0 unspecified atom stereocenters. The number of hydrogen-bond acceptors (Lipinski definition) is 3. The maximum Gasteiger partial charge on any atom is 0.254 e. The molecule has 1 aliphatic heterocycles. The Labute approximate surface area is 104 Å². The van der Waals surface area contributed by atoms with Gasteiger partial charge in [-0.1, -0.05) is 42.1 Å². The molecule has 17 heavy (non-hydrogen) atoms. The van der Waals surface area contributed by atoms with Crippen LogP contribution in [0.5, 0.6) is 0 Å². The molecule has 0 aliphatic carbocycles. The van der Waals surface area contributed by atoms with E-state index in [1.807, 2.05) is 18.2 Å². The Bertz CT molecular complexity index is 592. The van der Waals surface area contributed by atoms with Crippen LogP contribution in [0.2, 0.25) is 0 Å². The van der Waals surface area contributed by atoms with Crippen molar-refractivity contribution < 1.29 is 0 Å². The summed E-state index contributed by atoms with van der Waals surface area (Å²) in [5.41, 5.74) is 2.13. The fourth-order valence-corrected chi connectivity index (χ4v) is 2.95. The fraction of sp³-hybridized carbons (Fsp3) is 0.231. The number of hydrogen-bond donors (Lipinski definition) is 0. The van der Waals surface area contributed by atoms with E-state index in [0.29, 0.717) is 0 Å². The molecule has 0 amide bonds. The van der Waals surface area contributed by atoms with Crippen LogP contribution in [0, 0.1) is 0 Å². The highest BCUT2D eigenvalue weighted by Crippen LogP contribution is 2.21. The van der Waals surface area contributed by atoms with Crippen LogP contribution < -0.4 is 5.56 Å². The standard InChI is InChI=1S/C13H12N2OS/c16-12-9-11(8-10-4-2-1-3-5-10)14-13-15(12)6-7-17-13/h1-5,9H,6-8H2. The number of nitrogens with zero attached hydrogens (tertiary/aromatic N) is 2. The summed E-state index contributed by atoms with van der Waals surface area (Å²) in [5.74, 6) is 0.955. The van der Waals surface area contributed by atoms with Crippen molar-refractivity contribution in [3.8, 4) is 0 Å². The summed E-state index contributed by atoms with van der Waals surface area (Å²) in [6, 6.07) is 11.8. The van der Waals surface area contributed by atoms with Gasteiger partial charge in [0.15, 0.2) is 5.16 Å². The van der Waals surface area contributed by atoms with Gasteiger partial charge in [-0.25, -0.2) is 4.98 Å². The normalized spacial score (nSPS) is 13.6. The van der Waals surface area contributed by atoms with Crippen molar-refractivity contribution in [3.63, 3.8) is 0 Å². The summed E-state index contributed by atoms with van der Waals surface area (Å²) in [6.45, 7) is 0.789. The summed E-state index contributed by atoms with van der Waals surface area (Å²) in [7, 11) is 0. The quantitative estimate of drug-likeness (QED) is 0.757. The van der Waals surface area contributed by atoms with E-state index >= 15 is 0 Å². The van der Waals surface area contributed by atoms with Crippen molar-refractivity contribution in [2.45, 2.75) is 18.1 Å². The van der Waals surface area contributed by atoms with Crippen molar-refractivity contribution in [2.75, 3.05) is 5.75 Å². The average Bonchev–Trinajstić information content (AvgIpc) is 2.79. The van der Waals surface area contributed by atoms with Gasteiger partial charge in [0.05, 0.1) is 5.69 Å². The van der Waals surface area contributed by atoms with Gasteiger partial charge in [-0.15, -0.1) is 0 Å². The number of thioether (sulfide) groups is 1. The SMILES string of the molecule is O=c1cc(Cc2ccccc2)nc2n1CCS2. The molecular weight excluding hydrogens is 232 g/mol. The molecule has 1 aromatic carbocycles. The van der Waals surface area contributed by atoms with Crippen LogP contribution in [0.4, 0.5) is 0 Å². The van der Waals surface area contributed by atoms with Crippen molar-refractivity contribution in [1.82, 2.24) is 9.55 Å². The number of fused-ring (bicyclic) bond motifs is 1. The molecule has 2 aromatic rings. The maximum atomic E-state index is 11.8. The van der Waals surface area contributed by atoms with Crippen LogP contribution >= 0.6 is 11.8 Å². The molecule has 3 rings (SSSR count). The largest absolute Gasteiger partial charge is 0.287 e. The molecule has 1 aliphatic rings. The van der Waals surface area contributed by atoms with Gasteiger partial charge in [-0.3, -0.25) is 9.36 Å². The zero-order valence-corrected chi connectivity index (χ0v) is 10.1. The zero-order valence-electron chi connectivity index (χ0n) is 9.30. The van der Waals surface area contributed by atoms with Crippen LogP contribution in [0.25, 0.3) is 0 Å². The zero-order chi connectivity index (χ0) is 11.7. The lowest BCUT2D eigenvalue weighted by Crippen LogP contribution is -2.20. The molecule has 0 fully saturated rings. The molecule has 0 spiro atoms. The molecule has 4 heteroatoms. The highest BCUT2D eigenvalue weighted by molar-refractivity contribution is 7.99. The molecule has 0 saturated carbocycles. The molecule has 86 valence electrons. The second kappa shape index (κ2) is 4.37. The molecule has 0 saturated heterocycles. The predicted octanol–water partition coefficient (Wildman–Crippen LogP) is 1.94. The molecule has 0 radical (unpaired) electrons. The Balaban J connectivity index is 1.95. The van der Waals surface area contributed by atoms with Crippen LogP contribution in [-0.4, -0.2) is 15.3 Å². The van der Waals surface area contributed by atoms with E-state index in [2.05, 4.69) is 17.1 Å². The highest BCUT2D eigenvalue weighted by Gasteiger charge is 2.14. The van der Waals surface area contributed by atoms with E-state index in [9.17, 15) is 4.79 Å². The molecule has 3 nitrogen and oxygen atoms in total. The van der Waals surface area contributed by atoms with Crippen molar-refractivity contribution in [1.29, 1.82) is 0 Å². The Morgan fingerprint density at radius 2 is 2.12 bits per heavy atom. The van der Waals surface area contributed by atoms with Crippen LogP contribution in [0.1, 0.15) is 11.3 Å². The molecule has 0 atom stereocenters. The predicted molar refractivity (Wildman–Crippen MR) is 68.5 cm³/mol. The smallest absolute Gasteiger partial charge is 0.254 e. The molecule has 2 heterocycles. The van der Waals surface area contributed by atoms with Gasteiger partial charge in [-0.2, -0.15) is 0 Å². The van der Waals surface area contributed by atoms with E-state index in [4.69, 9.17) is 0 Å². The Morgan fingerprint density at radius 3 is 2.94 bits per heavy atom. The van der Waals surface area contributed by atoms with Gasteiger partial charge in [0.25, 0.3) is 5.56 Å². The first-order valence-electron chi connectivity index (χ1n) is 5.60. The van der Waals surface area contributed by atoms with E-state index in [-0.39, 0.29) is 5.56 Å². The van der Waals surface area contributed by atoms with Gasteiger partial charge in [0, 0.05) is 24.8 Å². The summed E-state index contributed by atoms with van der Waals surface area (Å²) in [6.07, 6.45) is 0.727. The van der Waals surface area contributed by atoms with Gasteiger partial charge >= 0.3 is 0 Å². The Morgan fingerprint density at radius 1 is 1.29 bits per heavy atom. The Kier molecular flexibility index (Phi) is 2.73. The molecule has 1 aromatic heterocycles. The summed E-state index contributed by atoms with van der Waals surface area (Å²) in [4.78, 5) is 16.4. The summed E-state index contributed by atoms with van der Waals surface area (Å²) < 4.78 is 1.75. The first kappa shape index (κ1) is 10.6. The van der Waals surface area contributed by atoms with E-state index in [1.54, 1.807) is 22.4 Å². The third-order valence-electron chi connectivity index (χ3n) is 2.80. The summed E-state index contributed by atoms with van der Waals surface area (Å²) >= 11 is 1.66. The average molecular weight is 244 g/mol. The first-order chi connectivity index (χ1) is 8.33. The van der Waals surface area contributed by atoms with Crippen molar-refractivity contribution in [3.05, 3.63) is 58.0 Å². The van der Waals surface area contributed by atoms with Gasteiger partial charge in [0.1, 0.15) is 0 Å². The van der Waals surface area contributed by atoms with E-state index in [0.717, 1.165) is 29.6 Å². The topological polar surface area (TPSA) is 34.9 Å². The third kappa shape index (κ3) is 2.13. The van der Waals surface area contributed by atoms with Crippen LogP contribution in [-0.2, 0) is 13.0 Å². The molecular formula is C13H12N2OS. The first-order valence-corrected chi connectivity index (χ1v) is 6.59. The highest BCUT2D eigenvalue weighted by atomic mass is 32.2. The van der Waals surface area contributed by atoms with Crippen LogP contribution in [0.3, 0.4) is 0 Å². The minimum Gasteiger partial charge on any atom is -0.287 e. The van der Waals surface area contributed by atoms with Crippen molar-refractivity contribution in [2.24, 2.45) is 0 Å². The minimum atomic E-state index is 0.0749. The minimum absolute atomic E-state index is 0.0749. The van der Waals surface area contributed by atoms with E-state index in [1.165, 1.54) is 5.56 Å². The monoisotopic (exact) mass is 244 g/mol. The van der Waals surface area contributed by atoms with Gasteiger partial charge in [-0.05, 0) is 5.56 Å². The Hall–Kier alpha value is -1.55. The maximum absolute atomic E-state index is 11.8. The van der Waals surface area contributed by atoms with E-state index < -0.39 is 0 Å². The number of benzene rings is 1. The molecule has 0 N–H and O–H groups in total. The lowest BCUT2D eigenvalue weighted by Gasteiger charge is -2.04. The number of aromatic nitrogens is 2. The lowest BCUT2D eigenvalue weighted by molar-refractivity contribution is 0.646. The summed E-state index contributed by atoms with van der Waals surface area (Å²) in [5, 5.41) is 0.864. The third-order valence-corrected chi connectivity index (χ3v) is 3.76. The number of rotatable bonds is 2. The van der Waals surface area contributed by atoms with Gasteiger partial charge < -0.3 is 0 Å².